The van der Waals surface area contributed by atoms with Gasteiger partial charge in [-0.2, -0.15) is 0 Å². The molecule has 3 heteroatoms. The zero-order valence-electron chi connectivity index (χ0n) is 10.3. The van der Waals surface area contributed by atoms with Gasteiger partial charge >= 0.3 is 5.97 Å². The van der Waals surface area contributed by atoms with Gasteiger partial charge in [0.25, 0.3) is 0 Å². The molecule has 0 fully saturated rings. The number of carbonyl (C=O) groups excluding carboxylic acids is 1. The van der Waals surface area contributed by atoms with Gasteiger partial charge in [0.05, 0.1) is 19.1 Å². The number of aliphatic hydroxyl groups is 1. The average Bonchev–Trinajstić information content (AvgIpc) is 2.38. The van der Waals surface area contributed by atoms with E-state index in [0.717, 1.165) is 16.3 Å². The number of fused-ring (bicyclic) bond motifs is 1. The molecule has 3 nitrogen and oxygen atoms in total. The van der Waals surface area contributed by atoms with E-state index in [1.54, 1.807) is 6.92 Å². The second-order valence-electron chi connectivity index (χ2n) is 4.13. The fourth-order valence-corrected chi connectivity index (χ4v) is 1.91. The van der Waals surface area contributed by atoms with Gasteiger partial charge in [0.15, 0.2) is 0 Å². The van der Waals surface area contributed by atoms with Crippen LogP contribution in [0.2, 0.25) is 0 Å². The summed E-state index contributed by atoms with van der Waals surface area (Å²) in [5, 5.41) is 12.1. The Morgan fingerprint density at radius 1 is 1.22 bits per heavy atom. The Balaban J connectivity index is 2.17. The average molecular weight is 244 g/mol. The molecule has 0 radical (unpaired) electrons. The van der Waals surface area contributed by atoms with E-state index in [1.807, 2.05) is 42.5 Å². The van der Waals surface area contributed by atoms with Crippen LogP contribution in [0.4, 0.5) is 0 Å². The minimum absolute atomic E-state index is 0.00776. The van der Waals surface area contributed by atoms with Crippen molar-refractivity contribution in [2.24, 2.45) is 0 Å². The van der Waals surface area contributed by atoms with Crippen molar-refractivity contribution in [3.05, 3.63) is 48.0 Å². The molecular weight excluding hydrogens is 228 g/mol. The maximum atomic E-state index is 11.3. The number of esters is 1. The van der Waals surface area contributed by atoms with Crippen molar-refractivity contribution in [1.29, 1.82) is 0 Å². The van der Waals surface area contributed by atoms with E-state index >= 15 is 0 Å². The molecule has 0 heterocycles. The lowest BCUT2D eigenvalue weighted by atomic mass is 10.0. The lowest BCUT2D eigenvalue weighted by Gasteiger charge is -2.11. The predicted octanol–water partition coefficient (Wildman–Crippen LogP) is 2.83. The summed E-state index contributed by atoms with van der Waals surface area (Å²) in [5.41, 5.74) is 0.738. The maximum absolute atomic E-state index is 11.3. The topological polar surface area (TPSA) is 46.5 Å². The highest BCUT2D eigenvalue weighted by Crippen LogP contribution is 2.22. The van der Waals surface area contributed by atoms with Gasteiger partial charge < -0.3 is 9.84 Å². The number of benzene rings is 2. The first-order chi connectivity index (χ1) is 8.70. The van der Waals surface area contributed by atoms with E-state index in [-0.39, 0.29) is 12.4 Å². The Hall–Kier alpha value is -1.87. The second kappa shape index (κ2) is 5.65. The van der Waals surface area contributed by atoms with Crippen molar-refractivity contribution in [1.82, 2.24) is 0 Å². The quantitative estimate of drug-likeness (QED) is 0.841. The summed E-state index contributed by atoms with van der Waals surface area (Å²) in [4.78, 5) is 11.3. The molecule has 18 heavy (non-hydrogen) atoms. The molecule has 0 aromatic heterocycles. The van der Waals surface area contributed by atoms with Crippen LogP contribution in [0.25, 0.3) is 10.8 Å². The molecule has 2 rings (SSSR count). The number of rotatable bonds is 4. The van der Waals surface area contributed by atoms with Crippen LogP contribution < -0.4 is 0 Å². The monoisotopic (exact) mass is 244 g/mol. The molecule has 2 aromatic carbocycles. The second-order valence-corrected chi connectivity index (χ2v) is 4.13. The van der Waals surface area contributed by atoms with E-state index in [2.05, 4.69) is 0 Å². The SMILES string of the molecule is CCOC(=O)C[C@H](O)c1ccc2ccccc2c1. The first kappa shape index (κ1) is 12.6. The van der Waals surface area contributed by atoms with Gasteiger partial charge in [0.1, 0.15) is 0 Å². The zero-order valence-corrected chi connectivity index (χ0v) is 10.3. The van der Waals surface area contributed by atoms with Crippen molar-refractivity contribution in [3.63, 3.8) is 0 Å². The molecule has 0 aliphatic carbocycles. The third kappa shape index (κ3) is 2.87. The van der Waals surface area contributed by atoms with Gasteiger partial charge in [-0.1, -0.05) is 36.4 Å². The lowest BCUT2D eigenvalue weighted by Crippen LogP contribution is -2.09. The number of hydrogen-bond acceptors (Lipinski definition) is 3. The molecule has 0 spiro atoms. The van der Waals surface area contributed by atoms with Crippen molar-refractivity contribution in [2.45, 2.75) is 19.4 Å². The van der Waals surface area contributed by atoms with Crippen LogP contribution >= 0.6 is 0 Å². The van der Waals surface area contributed by atoms with E-state index in [9.17, 15) is 9.90 Å². The molecule has 0 amide bonds. The van der Waals surface area contributed by atoms with Crippen LogP contribution in [-0.4, -0.2) is 17.7 Å². The van der Waals surface area contributed by atoms with Crippen LogP contribution in [0.1, 0.15) is 25.0 Å². The van der Waals surface area contributed by atoms with Crippen molar-refractivity contribution in [2.75, 3.05) is 6.61 Å². The number of hydrogen-bond donors (Lipinski definition) is 1. The van der Waals surface area contributed by atoms with Gasteiger partial charge in [-0.05, 0) is 29.3 Å². The molecular formula is C15H16O3. The molecule has 0 aliphatic rings. The zero-order chi connectivity index (χ0) is 13.0. The minimum atomic E-state index is -0.811. The largest absolute Gasteiger partial charge is 0.466 e. The summed E-state index contributed by atoms with van der Waals surface area (Å²) < 4.78 is 4.82. The smallest absolute Gasteiger partial charge is 0.308 e. The summed E-state index contributed by atoms with van der Waals surface area (Å²) in [6.45, 7) is 2.09. The Morgan fingerprint density at radius 2 is 1.94 bits per heavy atom. The van der Waals surface area contributed by atoms with Crippen molar-refractivity contribution < 1.29 is 14.6 Å². The molecule has 0 aliphatic heterocycles. The van der Waals surface area contributed by atoms with Gasteiger partial charge in [-0.15, -0.1) is 0 Å². The van der Waals surface area contributed by atoms with Crippen molar-refractivity contribution >= 4 is 16.7 Å². The van der Waals surface area contributed by atoms with Gasteiger partial charge in [-0.3, -0.25) is 4.79 Å². The Bertz CT molecular complexity index is 548. The Morgan fingerprint density at radius 3 is 2.67 bits per heavy atom. The molecule has 1 atom stereocenters. The van der Waals surface area contributed by atoms with Crippen LogP contribution in [0, 0.1) is 0 Å². The predicted molar refractivity (Wildman–Crippen MR) is 70.2 cm³/mol. The van der Waals surface area contributed by atoms with Crippen LogP contribution in [0.5, 0.6) is 0 Å². The normalized spacial score (nSPS) is 12.3. The van der Waals surface area contributed by atoms with E-state index in [1.165, 1.54) is 0 Å². The van der Waals surface area contributed by atoms with Gasteiger partial charge in [0, 0.05) is 0 Å². The van der Waals surface area contributed by atoms with E-state index in [4.69, 9.17) is 4.74 Å². The van der Waals surface area contributed by atoms with E-state index in [0.29, 0.717) is 6.61 Å². The van der Waals surface area contributed by atoms with Crippen LogP contribution in [0.3, 0.4) is 0 Å². The fourth-order valence-electron chi connectivity index (χ4n) is 1.91. The minimum Gasteiger partial charge on any atom is -0.466 e. The van der Waals surface area contributed by atoms with Gasteiger partial charge in [0.2, 0.25) is 0 Å². The summed E-state index contributed by atoms with van der Waals surface area (Å²) in [6, 6.07) is 13.6. The molecule has 0 unspecified atom stereocenters. The van der Waals surface area contributed by atoms with E-state index < -0.39 is 6.10 Å². The number of ether oxygens (including phenoxy) is 1. The summed E-state index contributed by atoms with van der Waals surface area (Å²) in [5.74, 6) is -0.377. The molecule has 0 bridgehead atoms. The fraction of sp³-hybridized carbons (Fsp3) is 0.267. The standard InChI is InChI=1S/C15H16O3/c1-2-18-15(17)10-14(16)13-8-7-11-5-3-4-6-12(11)9-13/h3-9,14,16H,2,10H2,1H3/t14-/m0/s1. The third-order valence-electron chi connectivity index (χ3n) is 2.82. The highest BCUT2D eigenvalue weighted by Gasteiger charge is 2.13. The highest BCUT2D eigenvalue weighted by molar-refractivity contribution is 5.83. The Labute approximate surface area is 106 Å². The molecule has 94 valence electrons. The van der Waals surface area contributed by atoms with Gasteiger partial charge in [-0.25, -0.2) is 0 Å². The molecule has 0 saturated heterocycles. The third-order valence-corrected chi connectivity index (χ3v) is 2.82. The molecule has 1 N–H and O–H groups in total. The summed E-state index contributed by atoms with van der Waals surface area (Å²) >= 11 is 0. The molecule has 2 aromatic rings. The highest BCUT2D eigenvalue weighted by atomic mass is 16.5. The summed E-state index contributed by atoms with van der Waals surface area (Å²) in [6.07, 6.45) is -0.819. The first-order valence-electron chi connectivity index (χ1n) is 6.03. The van der Waals surface area contributed by atoms with Crippen molar-refractivity contribution in [3.8, 4) is 0 Å². The summed E-state index contributed by atoms with van der Waals surface area (Å²) in [7, 11) is 0. The number of carbonyl (C=O) groups is 1. The maximum Gasteiger partial charge on any atom is 0.308 e. The molecule has 0 saturated carbocycles. The number of aliphatic hydroxyl groups excluding tert-OH is 1. The Kier molecular flexibility index (Phi) is 3.95. The lowest BCUT2D eigenvalue weighted by molar-refractivity contribution is -0.145. The van der Waals surface area contributed by atoms with Crippen LogP contribution in [0.15, 0.2) is 42.5 Å². The van der Waals surface area contributed by atoms with Crippen LogP contribution in [-0.2, 0) is 9.53 Å². The first-order valence-corrected chi connectivity index (χ1v) is 6.03.